The normalized spacial score (nSPS) is 25.5. The van der Waals surface area contributed by atoms with Gasteiger partial charge in [0.25, 0.3) is 0 Å². The van der Waals surface area contributed by atoms with Gasteiger partial charge in [-0.25, -0.2) is 23.3 Å². The van der Waals surface area contributed by atoms with Crippen LogP contribution in [0.2, 0.25) is 0 Å². The molecule has 2 heterocycles. The number of hydrogen-bond donors (Lipinski definition) is 7. The number of ether oxygens (including phenoxy) is 1. The first-order valence-electron chi connectivity index (χ1n) is 7.74. The molecule has 1 aliphatic rings. The Kier molecular flexibility index (Phi) is 7.60. The largest absolute Gasteiger partial charge is 0.538 e. The van der Waals surface area contributed by atoms with Crippen LogP contribution in [0.1, 0.15) is 23.0 Å². The quantitative estimate of drug-likeness (QED) is 0.185. The Balaban J connectivity index is 2.25. The summed E-state index contributed by atoms with van der Waals surface area (Å²) in [5.41, 5.74) is 3.51. The molecule has 2 unspecified atom stereocenters. The van der Waals surface area contributed by atoms with Crippen molar-refractivity contribution in [3.63, 3.8) is 0 Å². The van der Waals surface area contributed by atoms with Crippen LogP contribution < -0.4 is 11.4 Å². The SMILES string of the molecule is Nc1nc(=O)n([C@H]2C[C@H](O)[C@@H](CO)O2)cc1C(=O)OP(=O)(O)OP(=O)(O)OP(=O)(O)O. The monoisotopic (exact) mass is 511 g/mol. The number of rotatable bonds is 8. The number of aliphatic hydroxyl groups excluding tert-OH is 2. The van der Waals surface area contributed by atoms with E-state index >= 15 is 0 Å². The van der Waals surface area contributed by atoms with Gasteiger partial charge in [-0.15, -0.1) is 0 Å². The van der Waals surface area contributed by atoms with Crippen molar-refractivity contribution in [3.8, 4) is 0 Å². The van der Waals surface area contributed by atoms with Crippen molar-refractivity contribution < 1.29 is 66.2 Å². The van der Waals surface area contributed by atoms with Crippen LogP contribution in [0.15, 0.2) is 11.0 Å². The van der Waals surface area contributed by atoms with Gasteiger partial charge in [0.1, 0.15) is 23.7 Å². The number of aliphatic hydroxyl groups is 2. The number of anilines is 1. The molecular weight excluding hydrogens is 495 g/mol. The first-order chi connectivity index (χ1) is 14.0. The molecule has 1 aliphatic heterocycles. The first-order valence-corrected chi connectivity index (χ1v) is 12.3. The van der Waals surface area contributed by atoms with E-state index in [0.717, 1.165) is 0 Å². The number of nitrogens with zero attached hydrogens (tertiary/aromatic N) is 2. The second-order valence-corrected chi connectivity index (χ2v) is 10.2. The zero-order chi connectivity index (χ0) is 23.8. The number of carbonyl (C=O) groups excluding carboxylic acids is 1. The highest BCUT2D eigenvalue weighted by Crippen LogP contribution is 2.66. The van der Waals surface area contributed by atoms with Gasteiger partial charge < -0.3 is 39.9 Å². The van der Waals surface area contributed by atoms with Crippen molar-refractivity contribution in [1.82, 2.24) is 9.55 Å². The third-order valence-electron chi connectivity index (χ3n) is 3.51. The summed E-state index contributed by atoms with van der Waals surface area (Å²) in [6.07, 6.45) is -2.97. The van der Waals surface area contributed by atoms with E-state index < -0.39 is 71.6 Å². The Bertz CT molecular complexity index is 1050. The van der Waals surface area contributed by atoms with Crippen LogP contribution in [0, 0.1) is 0 Å². The minimum absolute atomic E-state index is 0.208. The minimum Gasteiger partial charge on any atom is -0.394 e. The fourth-order valence-electron chi connectivity index (χ4n) is 2.35. The molecule has 0 bridgehead atoms. The minimum atomic E-state index is -5.87. The van der Waals surface area contributed by atoms with Gasteiger partial charge in [0.2, 0.25) is 0 Å². The molecule has 0 spiro atoms. The van der Waals surface area contributed by atoms with Crippen LogP contribution in [0.4, 0.5) is 5.82 Å². The molecule has 18 nitrogen and oxygen atoms in total. The Morgan fingerprint density at radius 2 is 1.84 bits per heavy atom. The fourth-order valence-corrected chi connectivity index (χ4v) is 5.29. The lowest BCUT2D eigenvalue weighted by atomic mass is 10.2. The molecular formula is C10H16N3O15P3. The van der Waals surface area contributed by atoms with E-state index in [0.29, 0.717) is 10.8 Å². The Labute approximate surface area is 171 Å². The molecule has 1 aromatic heterocycles. The molecule has 1 saturated heterocycles. The standard InChI is InChI=1S/C10H16N3O15P3/c11-8-4(2-13(10(17)12-8)7-1-5(15)6(3-14)25-7)9(16)26-30(21,22)28-31(23,24)27-29(18,19)20/h2,5-7,14-15H,1,3H2,(H,21,22)(H,23,24)(H2,11,12,17)(H2,18,19,20)/t5-,6+,7+/m0/s1. The van der Waals surface area contributed by atoms with Crippen LogP contribution >= 0.6 is 23.5 Å². The van der Waals surface area contributed by atoms with Gasteiger partial charge in [0.15, 0.2) is 0 Å². The van der Waals surface area contributed by atoms with Crippen molar-refractivity contribution in [2.45, 2.75) is 24.9 Å². The second kappa shape index (κ2) is 9.15. The molecule has 1 aromatic rings. The highest BCUT2D eigenvalue weighted by molar-refractivity contribution is 7.66. The number of phosphoric acid groups is 3. The molecule has 21 heteroatoms. The first kappa shape index (κ1) is 25.7. The summed E-state index contributed by atoms with van der Waals surface area (Å²) >= 11 is 0. The molecule has 0 aliphatic carbocycles. The summed E-state index contributed by atoms with van der Waals surface area (Å²) in [5.74, 6) is -2.61. The molecule has 0 aromatic carbocycles. The molecule has 31 heavy (non-hydrogen) atoms. The number of aromatic nitrogens is 2. The molecule has 8 N–H and O–H groups in total. The molecule has 2 rings (SSSR count). The van der Waals surface area contributed by atoms with Crippen molar-refractivity contribution in [1.29, 1.82) is 0 Å². The van der Waals surface area contributed by atoms with E-state index in [1.54, 1.807) is 0 Å². The van der Waals surface area contributed by atoms with Gasteiger partial charge in [-0.1, -0.05) is 0 Å². The second-order valence-electron chi connectivity index (χ2n) is 5.81. The van der Waals surface area contributed by atoms with E-state index in [4.69, 9.17) is 30.3 Å². The van der Waals surface area contributed by atoms with Gasteiger partial charge in [-0.3, -0.25) is 9.46 Å². The Hall–Kier alpha value is -1.52. The highest BCUT2D eigenvalue weighted by Gasteiger charge is 2.43. The average molecular weight is 511 g/mol. The van der Waals surface area contributed by atoms with Crippen molar-refractivity contribution in [3.05, 3.63) is 22.2 Å². The molecule has 0 saturated carbocycles. The van der Waals surface area contributed by atoms with Gasteiger partial charge in [0.05, 0.1) is 12.7 Å². The average Bonchev–Trinajstić information content (AvgIpc) is 2.91. The maximum atomic E-state index is 12.1. The molecule has 0 radical (unpaired) electrons. The number of phosphoric ester groups is 1. The Morgan fingerprint density at radius 3 is 2.35 bits per heavy atom. The lowest BCUT2D eigenvalue weighted by molar-refractivity contribution is -0.0459. The number of hydrogen-bond acceptors (Lipinski definition) is 13. The third kappa shape index (κ3) is 6.98. The predicted molar refractivity (Wildman–Crippen MR) is 93.8 cm³/mol. The van der Waals surface area contributed by atoms with E-state index in [1.807, 2.05) is 0 Å². The number of carbonyl (C=O) groups is 1. The summed E-state index contributed by atoms with van der Waals surface area (Å²) in [6, 6.07) is 0. The van der Waals surface area contributed by atoms with Gasteiger partial charge in [-0.2, -0.15) is 13.6 Å². The van der Waals surface area contributed by atoms with Crippen LogP contribution in [0.3, 0.4) is 0 Å². The third-order valence-corrected chi connectivity index (χ3v) is 7.23. The number of nitrogen functional groups attached to an aromatic ring is 1. The van der Waals surface area contributed by atoms with E-state index in [1.165, 1.54) is 0 Å². The predicted octanol–water partition coefficient (Wildman–Crippen LogP) is -2.05. The zero-order valence-electron chi connectivity index (χ0n) is 14.9. The lowest BCUT2D eigenvalue weighted by Crippen LogP contribution is -2.30. The highest BCUT2D eigenvalue weighted by atomic mass is 31.3. The summed E-state index contributed by atoms with van der Waals surface area (Å²) in [4.78, 5) is 62.9. The summed E-state index contributed by atoms with van der Waals surface area (Å²) in [7, 11) is -17.3. The van der Waals surface area contributed by atoms with Crippen molar-refractivity contribution in [2.75, 3.05) is 12.3 Å². The maximum absolute atomic E-state index is 12.1. The molecule has 0 amide bonds. The van der Waals surface area contributed by atoms with E-state index in [-0.39, 0.29) is 6.42 Å². The summed E-state index contributed by atoms with van der Waals surface area (Å²) in [5, 5.41) is 18.8. The smallest absolute Gasteiger partial charge is 0.394 e. The Morgan fingerprint density at radius 1 is 1.23 bits per heavy atom. The van der Waals surface area contributed by atoms with Gasteiger partial charge >= 0.3 is 35.1 Å². The van der Waals surface area contributed by atoms with Crippen LogP contribution in [-0.4, -0.2) is 64.1 Å². The van der Waals surface area contributed by atoms with Crippen molar-refractivity contribution >= 4 is 35.3 Å². The molecule has 5 atom stereocenters. The van der Waals surface area contributed by atoms with Gasteiger partial charge in [-0.05, 0) is 0 Å². The van der Waals surface area contributed by atoms with Crippen LogP contribution in [0.5, 0.6) is 0 Å². The zero-order valence-corrected chi connectivity index (χ0v) is 17.6. The lowest BCUT2D eigenvalue weighted by Gasteiger charge is -2.17. The van der Waals surface area contributed by atoms with E-state index in [9.17, 15) is 33.3 Å². The van der Waals surface area contributed by atoms with E-state index in [2.05, 4.69) is 18.1 Å². The maximum Gasteiger partial charge on any atom is 0.538 e. The summed E-state index contributed by atoms with van der Waals surface area (Å²) in [6.45, 7) is -0.591. The van der Waals surface area contributed by atoms with Crippen molar-refractivity contribution in [2.24, 2.45) is 0 Å². The van der Waals surface area contributed by atoms with Crippen LogP contribution in [0.25, 0.3) is 0 Å². The topological polar surface area (TPSA) is 287 Å². The molecule has 176 valence electrons. The van der Waals surface area contributed by atoms with Gasteiger partial charge in [0, 0.05) is 12.6 Å². The fraction of sp³-hybridized carbons (Fsp3) is 0.500. The van der Waals surface area contributed by atoms with Crippen LogP contribution in [-0.2, 0) is 31.6 Å². The molecule has 1 fully saturated rings. The summed E-state index contributed by atoms with van der Waals surface area (Å²) < 4.78 is 50.4. The number of nitrogens with two attached hydrogens (primary N) is 1.